The predicted molar refractivity (Wildman–Crippen MR) is 75.4 cm³/mol. The fourth-order valence-electron chi connectivity index (χ4n) is 2.58. The molecule has 0 atom stereocenters. The van der Waals surface area contributed by atoms with Gasteiger partial charge in [-0.25, -0.2) is 4.68 Å². The fraction of sp³-hybridized carbons (Fsp3) is 0.400. The Bertz CT molecular complexity index is 515. The summed E-state index contributed by atoms with van der Waals surface area (Å²) in [5.41, 5.74) is 2.11. The van der Waals surface area contributed by atoms with Crippen molar-refractivity contribution in [2.45, 2.75) is 37.8 Å². The first kappa shape index (κ1) is 12.2. The van der Waals surface area contributed by atoms with E-state index in [0.717, 1.165) is 37.1 Å². The number of benzene rings is 1. The van der Waals surface area contributed by atoms with Gasteiger partial charge in [0.1, 0.15) is 0 Å². The molecule has 1 aromatic heterocycles. The average molecular weight is 257 g/mol. The van der Waals surface area contributed by atoms with Crippen LogP contribution in [-0.4, -0.2) is 27.0 Å². The average Bonchev–Trinajstić information content (AvgIpc) is 2.91. The van der Waals surface area contributed by atoms with Gasteiger partial charge in [-0.3, -0.25) is 0 Å². The molecule has 0 saturated heterocycles. The summed E-state index contributed by atoms with van der Waals surface area (Å²) in [7, 11) is 0. The molecule has 3 rings (SSSR count). The zero-order valence-corrected chi connectivity index (χ0v) is 10.9. The van der Waals surface area contributed by atoms with E-state index in [9.17, 15) is 5.11 Å². The van der Waals surface area contributed by atoms with E-state index >= 15 is 0 Å². The van der Waals surface area contributed by atoms with Crippen molar-refractivity contribution in [3.63, 3.8) is 0 Å². The van der Waals surface area contributed by atoms with E-state index < -0.39 is 0 Å². The Hall–Kier alpha value is -1.81. The van der Waals surface area contributed by atoms with Crippen molar-refractivity contribution in [1.29, 1.82) is 0 Å². The van der Waals surface area contributed by atoms with Crippen LogP contribution in [0.2, 0.25) is 0 Å². The number of nitrogens with zero attached hydrogens (tertiary/aromatic N) is 2. The van der Waals surface area contributed by atoms with Crippen LogP contribution >= 0.6 is 0 Å². The molecule has 1 heterocycles. The van der Waals surface area contributed by atoms with E-state index in [-0.39, 0.29) is 6.10 Å². The van der Waals surface area contributed by atoms with Gasteiger partial charge in [-0.2, -0.15) is 5.10 Å². The lowest BCUT2D eigenvalue weighted by atomic mass is 9.93. The number of anilines is 1. The molecule has 1 aromatic carbocycles. The van der Waals surface area contributed by atoms with Crippen molar-refractivity contribution in [3.05, 3.63) is 42.7 Å². The molecule has 1 fully saturated rings. The molecule has 100 valence electrons. The Labute approximate surface area is 113 Å². The quantitative estimate of drug-likeness (QED) is 0.888. The zero-order chi connectivity index (χ0) is 13.1. The van der Waals surface area contributed by atoms with Crippen LogP contribution in [0.4, 0.5) is 5.69 Å². The maximum Gasteiger partial charge on any atom is 0.0733 e. The van der Waals surface area contributed by atoms with Gasteiger partial charge in [0.15, 0.2) is 0 Å². The molecule has 2 N–H and O–H groups in total. The van der Waals surface area contributed by atoms with Gasteiger partial charge in [0.2, 0.25) is 0 Å². The molecule has 0 spiro atoms. The first-order valence-electron chi connectivity index (χ1n) is 6.86. The lowest BCUT2D eigenvalue weighted by molar-refractivity contribution is 0.126. The Morgan fingerprint density at radius 1 is 1.11 bits per heavy atom. The Morgan fingerprint density at radius 2 is 1.84 bits per heavy atom. The third-order valence-corrected chi connectivity index (χ3v) is 3.67. The Balaban J connectivity index is 1.65. The number of aliphatic hydroxyl groups excluding tert-OH is 1. The van der Waals surface area contributed by atoms with Gasteiger partial charge in [-0.15, -0.1) is 0 Å². The minimum atomic E-state index is -0.106. The molecular weight excluding hydrogens is 238 g/mol. The van der Waals surface area contributed by atoms with E-state index in [1.165, 1.54) is 0 Å². The van der Waals surface area contributed by atoms with Gasteiger partial charge >= 0.3 is 0 Å². The Morgan fingerprint density at radius 3 is 2.58 bits per heavy atom. The third kappa shape index (κ3) is 2.96. The summed E-state index contributed by atoms with van der Waals surface area (Å²) < 4.78 is 1.88. The monoisotopic (exact) mass is 257 g/mol. The van der Waals surface area contributed by atoms with Crippen LogP contribution in [0.5, 0.6) is 0 Å². The molecule has 0 bridgehead atoms. The SMILES string of the molecule is OC1CCC(Nc2cnn(-c3ccccc3)c2)CC1. The third-order valence-electron chi connectivity index (χ3n) is 3.67. The second-order valence-electron chi connectivity index (χ2n) is 5.16. The molecule has 1 saturated carbocycles. The van der Waals surface area contributed by atoms with Gasteiger partial charge < -0.3 is 10.4 Å². The molecule has 4 nitrogen and oxygen atoms in total. The molecule has 1 aliphatic carbocycles. The minimum Gasteiger partial charge on any atom is -0.393 e. The van der Waals surface area contributed by atoms with Gasteiger partial charge in [0.25, 0.3) is 0 Å². The number of aliphatic hydroxyl groups is 1. The van der Waals surface area contributed by atoms with Crippen LogP contribution in [0.25, 0.3) is 5.69 Å². The highest BCUT2D eigenvalue weighted by Gasteiger charge is 2.19. The van der Waals surface area contributed by atoms with Crippen LogP contribution in [0.1, 0.15) is 25.7 Å². The summed E-state index contributed by atoms with van der Waals surface area (Å²) in [5.74, 6) is 0. The van der Waals surface area contributed by atoms with Gasteiger partial charge in [-0.05, 0) is 37.8 Å². The topological polar surface area (TPSA) is 50.1 Å². The van der Waals surface area contributed by atoms with Crippen molar-refractivity contribution in [2.24, 2.45) is 0 Å². The lowest BCUT2D eigenvalue weighted by Gasteiger charge is -2.26. The van der Waals surface area contributed by atoms with Crippen molar-refractivity contribution in [2.75, 3.05) is 5.32 Å². The number of nitrogens with one attached hydrogen (secondary N) is 1. The smallest absolute Gasteiger partial charge is 0.0733 e. The highest BCUT2D eigenvalue weighted by atomic mass is 16.3. The number of para-hydroxylation sites is 1. The minimum absolute atomic E-state index is 0.106. The van der Waals surface area contributed by atoms with E-state index in [4.69, 9.17) is 0 Å². The van der Waals surface area contributed by atoms with Crippen molar-refractivity contribution < 1.29 is 5.11 Å². The molecule has 19 heavy (non-hydrogen) atoms. The van der Waals surface area contributed by atoms with Crippen molar-refractivity contribution >= 4 is 5.69 Å². The summed E-state index contributed by atoms with van der Waals surface area (Å²) in [5, 5.41) is 17.4. The second kappa shape index (κ2) is 5.45. The summed E-state index contributed by atoms with van der Waals surface area (Å²) in [4.78, 5) is 0. The van der Waals surface area contributed by atoms with Gasteiger partial charge in [0.05, 0.1) is 29.9 Å². The molecule has 4 heteroatoms. The van der Waals surface area contributed by atoms with Gasteiger partial charge in [0, 0.05) is 6.04 Å². The van der Waals surface area contributed by atoms with E-state index in [1.807, 2.05) is 47.4 Å². The Kier molecular flexibility index (Phi) is 3.51. The summed E-state index contributed by atoms with van der Waals surface area (Å²) >= 11 is 0. The number of hydrogen-bond donors (Lipinski definition) is 2. The van der Waals surface area contributed by atoms with Crippen LogP contribution in [0.15, 0.2) is 42.7 Å². The van der Waals surface area contributed by atoms with Crippen LogP contribution in [0, 0.1) is 0 Å². The van der Waals surface area contributed by atoms with Crippen LogP contribution < -0.4 is 5.32 Å². The van der Waals surface area contributed by atoms with Crippen molar-refractivity contribution in [3.8, 4) is 5.69 Å². The maximum absolute atomic E-state index is 9.50. The lowest BCUT2D eigenvalue weighted by Crippen LogP contribution is -2.27. The largest absolute Gasteiger partial charge is 0.393 e. The second-order valence-corrected chi connectivity index (χ2v) is 5.16. The first-order chi connectivity index (χ1) is 9.31. The van der Waals surface area contributed by atoms with E-state index in [1.54, 1.807) is 0 Å². The summed E-state index contributed by atoms with van der Waals surface area (Å²) in [6.07, 6.45) is 7.60. The molecule has 0 unspecified atom stereocenters. The highest BCUT2D eigenvalue weighted by molar-refractivity contribution is 5.43. The van der Waals surface area contributed by atoms with E-state index in [0.29, 0.717) is 6.04 Å². The molecule has 0 aliphatic heterocycles. The van der Waals surface area contributed by atoms with Crippen molar-refractivity contribution in [1.82, 2.24) is 9.78 Å². The normalized spacial score (nSPS) is 23.2. The van der Waals surface area contributed by atoms with Crippen LogP contribution in [-0.2, 0) is 0 Å². The molecule has 0 amide bonds. The molecular formula is C15H19N3O. The molecule has 2 aromatic rings. The maximum atomic E-state index is 9.50. The zero-order valence-electron chi connectivity index (χ0n) is 10.9. The highest BCUT2D eigenvalue weighted by Crippen LogP contribution is 2.22. The fourth-order valence-corrected chi connectivity index (χ4v) is 2.58. The summed E-state index contributed by atoms with van der Waals surface area (Å²) in [6, 6.07) is 10.5. The standard InChI is InChI=1S/C15H19N3O/c19-15-8-6-12(7-9-15)17-13-10-16-18(11-13)14-4-2-1-3-5-14/h1-5,10-12,15,17,19H,6-9H2. The number of rotatable bonds is 3. The molecule has 0 radical (unpaired) electrons. The summed E-state index contributed by atoms with van der Waals surface area (Å²) in [6.45, 7) is 0. The van der Waals surface area contributed by atoms with Gasteiger partial charge in [-0.1, -0.05) is 18.2 Å². The van der Waals surface area contributed by atoms with Crippen LogP contribution in [0.3, 0.4) is 0 Å². The molecule has 1 aliphatic rings. The first-order valence-corrected chi connectivity index (χ1v) is 6.86. The predicted octanol–water partition coefficient (Wildman–Crippen LogP) is 2.59. The number of hydrogen-bond acceptors (Lipinski definition) is 3. The number of aromatic nitrogens is 2. The van der Waals surface area contributed by atoms with E-state index in [2.05, 4.69) is 10.4 Å².